The van der Waals surface area contributed by atoms with Crippen LogP contribution < -0.4 is 0 Å². The molecule has 2 aromatic rings. The minimum atomic E-state index is -0.688. The van der Waals surface area contributed by atoms with Gasteiger partial charge in [0.05, 0.1) is 17.5 Å². The minimum absolute atomic E-state index is 0.642. The van der Waals surface area contributed by atoms with Gasteiger partial charge in [0.1, 0.15) is 0 Å². The van der Waals surface area contributed by atoms with Crippen molar-refractivity contribution < 1.29 is 5.11 Å². The van der Waals surface area contributed by atoms with Gasteiger partial charge in [0.25, 0.3) is 0 Å². The zero-order valence-corrected chi connectivity index (χ0v) is 12.4. The largest absolute Gasteiger partial charge is 0.389 e. The number of hydrogen-bond donors (Lipinski definition) is 2. The molecule has 0 spiro atoms. The summed E-state index contributed by atoms with van der Waals surface area (Å²) >= 11 is 0. The van der Waals surface area contributed by atoms with E-state index in [9.17, 15) is 5.11 Å². The minimum Gasteiger partial charge on any atom is -0.389 e. The Morgan fingerprint density at radius 1 is 1.25 bits per heavy atom. The van der Waals surface area contributed by atoms with Crippen molar-refractivity contribution in [3.63, 3.8) is 0 Å². The Kier molecular flexibility index (Phi) is 4.57. The molecule has 0 unspecified atom stereocenters. The van der Waals surface area contributed by atoms with E-state index in [4.69, 9.17) is 0 Å². The maximum atomic E-state index is 9.97. The normalized spacial score (nSPS) is 12.1. The zero-order valence-electron chi connectivity index (χ0n) is 12.4. The van der Waals surface area contributed by atoms with Gasteiger partial charge in [-0.15, -0.1) is 0 Å². The van der Waals surface area contributed by atoms with Crippen molar-refractivity contribution in [2.24, 2.45) is 0 Å². The van der Waals surface area contributed by atoms with Crippen LogP contribution in [0.25, 0.3) is 11.3 Å². The van der Waals surface area contributed by atoms with Crippen LogP contribution in [-0.2, 0) is 6.54 Å². The van der Waals surface area contributed by atoms with Gasteiger partial charge in [0.2, 0.25) is 0 Å². The van der Waals surface area contributed by atoms with E-state index in [-0.39, 0.29) is 0 Å². The summed E-state index contributed by atoms with van der Waals surface area (Å²) in [5, 5.41) is 17.2. The summed E-state index contributed by atoms with van der Waals surface area (Å²) in [6.45, 7) is 8.09. The highest BCUT2D eigenvalue weighted by molar-refractivity contribution is 5.62. The second kappa shape index (κ2) is 6.20. The number of aliphatic hydroxyl groups is 1. The van der Waals surface area contributed by atoms with Crippen LogP contribution in [0, 0.1) is 0 Å². The molecule has 4 heteroatoms. The topological polar surface area (TPSA) is 52.2 Å². The first-order chi connectivity index (χ1) is 9.49. The van der Waals surface area contributed by atoms with Crippen LogP contribution in [0.4, 0.5) is 0 Å². The molecule has 0 fully saturated rings. The predicted molar refractivity (Wildman–Crippen MR) is 81.3 cm³/mol. The molecule has 0 amide bonds. The number of benzene rings is 1. The van der Waals surface area contributed by atoms with Crippen LogP contribution in [0.5, 0.6) is 0 Å². The highest BCUT2D eigenvalue weighted by Gasteiger charge is 2.19. The number of nitrogens with one attached hydrogen (secondary N) is 1. The molecular formula is C16H23N3O. The fourth-order valence-corrected chi connectivity index (χ4v) is 2.35. The van der Waals surface area contributed by atoms with E-state index in [1.807, 2.05) is 38.2 Å². The molecule has 1 aromatic heterocycles. The molecule has 0 bridgehead atoms. The molecule has 0 saturated heterocycles. The molecule has 1 aromatic carbocycles. The van der Waals surface area contributed by atoms with Gasteiger partial charge < -0.3 is 5.11 Å². The summed E-state index contributed by atoms with van der Waals surface area (Å²) in [4.78, 5) is 2.22. The summed E-state index contributed by atoms with van der Waals surface area (Å²) in [5.74, 6) is 0. The highest BCUT2D eigenvalue weighted by Crippen LogP contribution is 2.22. The predicted octanol–water partition coefficient (Wildman–Crippen LogP) is 2.67. The Hall–Kier alpha value is -1.65. The lowest BCUT2D eigenvalue weighted by atomic mass is 10.1. The molecule has 1 heterocycles. The van der Waals surface area contributed by atoms with Crippen molar-refractivity contribution in [2.75, 3.05) is 13.1 Å². The SMILES string of the molecule is CCN(Cc1cn[nH]c1-c1ccccc1)CC(C)(C)O. The van der Waals surface area contributed by atoms with Crippen molar-refractivity contribution in [1.82, 2.24) is 15.1 Å². The van der Waals surface area contributed by atoms with Crippen molar-refractivity contribution in [2.45, 2.75) is 32.9 Å². The summed E-state index contributed by atoms with van der Waals surface area (Å²) in [5.41, 5.74) is 2.66. The fraction of sp³-hybridized carbons (Fsp3) is 0.438. The molecule has 108 valence electrons. The molecule has 4 nitrogen and oxygen atoms in total. The second-order valence-corrected chi connectivity index (χ2v) is 5.75. The van der Waals surface area contributed by atoms with E-state index in [0.717, 1.165) is 29.9 Å². The molecule has 0 aliphatic heterocycles. The lowest BCUT2D eigenvalue weighted by molar-refractivity contribution is 0.0354. The maximum Gasteiger partial charge on any atom is 0.0718 e. The summed E-state index contributed by atoms with van der Waals surface area (Å²) in [7, 11) is 0. The van der Waals surface area contributed by atoms with E-state index in [0.29, 0.717) is 6.54 Å². The lowest BCUT2D eigenvalue weighted by Crippen LogP contribution is -2.38. The standard InChI is InChI=1S/C16H23N3O/c1-4-19(12-16(2,3)20)11-14-10-17-18-15(14)13-8-6-5-7-9-13/h5-10,20H,4,11-12H2,1-3H3,(H,17,18). The molecule has 0 radical (unpaired) electrons. The van der Waals surface area contributed by atoms with Gasteiger partial charge in [-0.2, -0.15) is 5.10 Å². The molecule has 2 rings (SSSR count). The van der Waals surface area contributed by atoms with Gasteiger partial charge in [0.15, 0.2) is 0 Å². The van der Waals surface area contributed by atoms with Gasteiger partial charge in [-0.1, -0.05) is 37.3 Å². The van der Waals surface area contributed by atoms with Crippen molar-refractivity contribution in [3.05, 3.63) is 42.1 Å². The van der Waals surface area contributed by atoms with E-state index in [1.165, 1.54) is 0 Å². The van der Waals surface area contributed by atoms with Crippen LogP contribution >= 0.6 is 0 Å². The van der Waals surface area contributed by atoms with Gasteiger partial charge in [-0.25, -0.2) is 0 Å². The summed E-state index contributed by atoms with van der Waals surface area (Å²) in [6.07, 6.45) is 1.87. The smallest absolute Gasteiger partial charge is 0.0718 e. The molecule has 0 aliphatic carbocycles. The molecule has 2 N–H and O–H groups in total. The number of H-pyrrole nitrogens is 1. The lowest BCUT2D eigenvalue weighted by Gasteiger charge is -2.27. The second-order valence-electron chi connectivity index (χ2n) is 5.75. The summed E-state index contributed by atoms with van der Waals surface area (Å²) < 4.78 is 0. The quantitative estimate of drug-likeness (QED) is 0.850. The fourth-order valence-electron chi connectivity index (χ4n) is 2.35. The number of rotatable bonds is 6. The first kappa shape index (κ1) is 14.8. The molecule has 20 heavy (non-hydrogen) atoms. The van der Waals surface area contributed by atoms with E-state index in [1.54, 1.807) is 0 Å². The molecule has 0 aliphatic rings. The number of aromatic amines is 1. The number of nitrogens with zero attached hydrogens (tertiary/aromatic N) is 2. The van der Waals surface area contributed by atoms with Crippen LogP contribution in [0.3, 0.4) is 0 Å². The zero-order chi connectivity index (χ0) is 14.6. The number of hydrogen-bond acceptors (Lipinski definition) is 3. The first-order valence-corrected chi connectivity index (χ1v) is 7.02. The third-order valence-corrected chi connectivity index (χ3v) is 3.23. The van der Waals surface area contributed by atoms with Crippen LogP contribution in [0.15, 0.2) is 36.5 Å². The van der Waals surface area contributed by atoms with Gasteiger partial charge in [0, 0.05) is 18.7 Å². The van der Waals surface area contributed by atoms with Gasteiger partial charge >= 0.3 is 0 Å². The Labute approximate surface area is 120 Å². The average Bonchev–Trinajstić information content (AvgIpc) is 2.85. The third kappa shape index (κ3) is 3.92. The maximum absolute atomic E-state index is 9.97. The highest BCUT2D eigenvalue weighted by atomic mass is 16.3. The van der Waals surface area contributed by atoms with Gasteiger partial charge in [-0.3, -0.25) is 10.00 Å². The molecule has 0 saturated carbocycles. The van der Waals surface area contributed by atoms with Crippen LogP contribution in [-0.4, -0.2) is 38.9 Å². The third-order valence-electron chi connectivity index (χ3n) is 3.23. The van der Waals surface area contributed by atoms with E-state index < -0.39 is 5.60 Å². The van der Waals surface area contributed by atoms with E-state index in [2.05, 4.69) is 34.2 Å². The van der Waals surface area contributed by atoms with Crippen molar-refractivity contribution >= 4 is 0 Å². The van der Waals surface area contributed by atoms with E-state index >= 15 is 0 Å². The number of likely N-dealkylation sites (N-methyl/N-ethyl adjacent to an activating group) is 1. The van der Waals surface area contributed by atoms with Crippen LogP contribution in [0.1, 0.15) is 26.3 Å². The Morgan fingerprint density at radius 2 is 1.95 bits per heavy atom. The Balaban J connectivity index is 2.16. The number of aromatic nitrogens is 2. The summed E-state index contributed by atoms with van der Waals surface area (Å²) in [6, 6.07) is 10.2. The monoisotopic (exact) mass is 273 g/mol. The first-order valence-electron chi connectivity index (χ1n) is 7.02. The van der Waals surface area contributed by atoms with Crippen LogP contribution in [0.2, 0.25) is 0 Å². The average molecular weight is 273 g/mol. The Bertz CT molecular complexity index is 528. The molecular weight excluding hydrogens is 250 g/mol. The van der Waals surface area contributed by atoms with Crippen molar-refractivity contribution in [3.8, 4) is 11.3 Å². The van der Waals surface area contributed by atoms with Gasteiger partial charge in [-0.05, 0) is 26.0 Å². The Morgan fingerprint density at radius 3 is 2.55 bits per heavy atom. The molecule has 0 atom stereocenters. The van der Waals surface area contributed by atoms with Crippen molar-refractivity contribution in [1.29, 1.82) is 0 Å².